The summed E-state index contributed by atoms with van der Waals surface area (Å²) in [4.78, 5) is 10.2. The summed E-state index contributed by atoms with van der Waals surface area (Å²) in [5, 5.41) is 10.1. The van der Waals surface area contributed by atoms with Gasteiger partial charge < -0.3 is 4.57 Å². The van der Waals surface area contributed by atoms with E-state index in [2.05, 4.69) is 156 Å². The summed E-state index contributed by atoms with van der Waals surface area (Å²) >= 11 is 0. The molecule has 0 amide bonds. The van der Waals surface area contributed by atoms with E-state index in [0.717, 1.165) is 33.8 Å². The average Bonchev–Trinajstić information content (AvgIpc) is 3.54. The summed E-state index contributed by atoms with van der Waals surface area (Å²) in [7, 11) is 0. The molecule has 2 aromatic heterocycles. The van der Waals surface area contributed by atoms with Gasteiger partial charge in [0.1, 0.15) is 0 Å². The van der Waals surface area contributed by atoms with E-state index in [1.165, 1.54) is 54.1 Å². The third kappa shape index (κ3) is 4.37. The van der Waals surface area contributed by atoms with Gasteiger partial charge in [-0.2, -0.15) is 0 Å². The zero-order valence-electron chi connectivity index (χ0n) is 26.6. The first-order valence-electron chi connectivity index (χ1n) is 16.7. The Morgan fingerprint density at radius 1 is 0.367 bits per heavy atom. The Morgan fingerprint density at radius 2 is 0.959 bits per heavy atom. The number of para-hydroxylation sites is 1. The Kier molecular flexibility index (Phi) is 6.18. The van der Waals surface area contributed by atoms with Crippen LogP contribution in [0, 0.1) is 0 Å². The van der Waals surface area contributed by atoms with Crippen molar-refractivity contribution in [3.05, 3.63) is 176 Å². The maximum Gasteiger partial charge on any atom is 0.160 e. The van der Waals surface area contributed by atoms with Crippen molar-refractivity contribution in [3.63, 3.8) is 0 Å². The van der Waals surface area contributed by atoms with Crippen LogP contribution in [0.5, 0.6) is 0 Å². The number of aromatic nitrogens is 3. The van der Waals surface area contributed by atoms with E-state index in [0.29, 0.717) is 5.82 Å². The molecule has 2 heterocycles. The lowest BCUT2D eigenvalue weighted by Crippen LogP contribution is -1.98. The normalized spacial score (nSPS) is 11.7. The minimum absolute atomic E-state index is 0.712. The standard InChI is InChI=1S/C46H29N3/c1-3-15-31(16-4-1)40-29-41(48-46(47-40)32-17-5-2-6-18-32)33-19-13-20-34(28-33)49-42-25-12-11-24-38(42)44-37-23-10-9-22-36(37)43-35-21-8-7-14-30(35)26-27-39(43)45(44)49/h1-29H. The van der Waals surface area contributed by atoms with Crippen molar-refractivity contribution in [3.8, 4) is 39.6 Å². The van der Waals surface area contributed by atoms with Crippen LogP contribution in [0.25, 0.3) is 93.7 Å². The molecule has 0 N–H and O–H groups in total. The molecule has 0 aliphatic heterocycles. The lowest BCUT2D eigenvalue weighted by molar-refractivity contribution is 1.17. The van der Waals surface area contributed by atoms with Gasteiger partial charge in [0.15, 0.2) is 5.82 Å². The Hall–Kier alpha value is -6.58. The van der Waals surface area contributed by atoms with Crippen LogP contribution < -0.4 is 0 Å². The molecule has 49 heavy (non-hydrogen) atoms. The van der Waals surface area contributed by atoms with Gasteiger partial charge in [-0.25, -0.2) is 9.97 Å². The summed E-state index contributed by atoms with van der Waals surface area (Å²) in [5.41, 5.74) is 8.37. The molecule has 0 aliphatic carbocycles. The van der Waals surface area contributed by atoms with Crippen LogP contribution in [-0.4, -0.2) is 14.5 Å². The quantitative estimate of drug-likeness (QED) is 0.183. The van der Waals surface area contributed by atoms with Gasteiger partial charge in [0.2, 0.25) is 0 Å². The highest BCUT2D eigenvalue weighted by atomic mass is 15.0. The van der Waals surface area contributed by atoms with Gasteiger partial charge in [-0.15, -0.1) is 0 Å². The topological polar surface area (TPSA) is 30.7 Å². The van der Waals surface area contributed by atoms with E-state index < -0.39 is 0 Å². The smallest absolute Gasteiger partial charge is 0.160 e. The minimum atomic E-state index is 0.712. The van der Waals surface area contributed by atoms with Crippen LogP contribution in [0.4, 0.5) is 0 Å². The van der Waals surface area contributed by atoms with Crippen molar-refractivity contribution in [2.45, 2.75) is 0 Å². The molecule has 0 radical (unpaired) electrons. The molecule has 3 nitrogen and oxygen atoms in total. The molecule has 0 aliphatic rings. The first-order chi connectivity index (χ1) is 24.3. The molecule has 0 spiro atoms. The van der Waals surface area contributed by atoms with Gasteiger partial charge in [0.05, 0.1) is 22.4 Å². The first-order valence-corrected chi connectivity index (χ1v) is 16.7. The molecule has 8 aromatic carbocycles. The van der Waals surface area contributed by atoms with Crippen molar-refractivity contribution >= 4 is 54.1 Å². The molecular formula is C46H29N3. The van der Waals surface area contributed by atoms with Crippen molar-refractivity contribution in [2.75, 3.05) is 0 Å². The zero-order chi connectivity index (χ0) is 32.3. The van der Waals surface area contributed by atoms with Gasteiger partial charge in [-0.1, -0.05) is 152 Å². The molecule has 0 atom stereocenters. The molecule has 10 rings (SSSR count). The highest BCUT2D eigenvalue weighted by Crippen LogP contribution is 2.44. The summed E-state index contributed by atoms with van der Waals surface area (Å²) < 4.78 is 2.45. The molecule has 0 saturated heterocycles. The second-order valence-electron chi connectivity index (χ2n) is 12.6. The number of fused-ring (bicyclic) bond motifs is 10. The number of rotatable bonds is 4. The van der Waals surface area contributed by atoms with Crippen LogP contribution in [0.1, 0.15) is 0 Å². The van der Waals surface area contributed by atoms with E-state index in [1.54, 1.807) is 0 Å². The Labute approximate surface area is 283 Å². The Bertz CT molecular complexity index is 2810. The van der Waals surface area contributed by atoms with Gasteiger partial charge in [0, 0.05) is 38.5 Å². The van der Waals surface area contributed by atoms with Crippen LogP contribution in [-0.2, 0) is 0 Å². The predicted molar refractivity (Wildman–Crippen MR) is 205 cm³/mol. The summed E-state index contributed by atoms with van der Waals surface area (Å²) in [6.07, 6.45) is 0. The molecule has 0 fully saturated rings. The SMILES string of the molecule is c1ccc(-c2cc(-c3cccc(-n4c5ccccc5c5c6ccccc6c6c7ccccc7ccc6c54)c3)nc(-c3ccccc3)n2)cc1. The number of hydrogen-bond donors (Lipinski definition) is 0. The van der Waals surface area contributed by atoms with Gasteiger partial charge in [-0.05, 0) is 51.2 Å². The fourth-order valence-corrected chi connectivity index (χ4v) is 7.59. The predicted octanol–water partition coefficient (Wildman–Crippen LogP) is 12.0. The van der Waals surface area contributed by atoms with Crippen molar-refractivity contribution in [1.29, 1.82) is 0 Å². The second-order valence-corrected chi connectivity index (χ2v) is 12.6. The second kappa shape index (κ2) is 11.0. The van der Waals surface area contributed by atoms with E-state index in [9.17, 15) is 0 Å². The van der Waals surface area contributed by atoms with Crippen molar-refractivity contribution < 1.29 is 0 Å². The summed E-state index contributed by atoms with van der Waals surface area (Å²) in [6, 6.07) is 62.5. The van der Waals surface area contributed by atoms with E-state index in [4.69, 9.17) is 9.97 Å². The molecule has 0 bridgehead atoms. The lowest BCUT2D eigenvalue weighted by Gasteiger charge is -2.15. The van der Waals surface area contributed by atoms with Gasteiger partial charge in [0.25, 0.3) is 0 Å². The maximum absolute atomic E-state index is 5.15. The Balaban J connectivity index is 1.28. The molecular weight excluding hydrogens is 595 g/mol. The van der Waals surface area contributed by atoms with Crippen LogP contribution in [0.3, 0.4) is 0 Å². The molecule has 0 unspecified atom stereocenters. The molecule has 0 saturated carbocycles. The molecule has 10 aromatic rings. The average molecular weight is 624 g/mol. The van der Waals surface area contributed by atoms with Crippen LogP contribution in [0.2, 0.25) is 0 Å². The number of benzene rings is 8. The zero-order valence-corrected chi connectivity index (χ0v) is 26.6. The third-order valence-corrected chi connectivity index (χ3v) is 9.75. The Morgan fingerprint density at radius 3 is 1.73 bits per heavy atom. The fourth-order valence-electron chi connectivity index (χ4n) is 7.59. The molecule has 228 valence electrons. The highest BCUT2D eigenvalue weighted by Gasteiger charge is 2.20. The summed E-state index contributed by atoms with van der Waals surface area (Å²) in [6.45, 7) is 0. The summed E-state index contributed by atoms with van der Waals surface area (Å²) in [5.74, 6) is 0.712. The van der Waals surface area contributed by atoms with Crippen molar-refractivity contribution in [1.82, 2.24) is 14.5 Å². The van der Waals surface area contributed by atoms with E-state index in [-0.39, 0.29) is 0 Å². The lowest BCUT2D eigenvalue weighted by atomic mass is 9.93. The monoisotopic (exact) mass is 623 g/mol. The highest BCUT2D eigenvalue weighted by molar-refractivity contribution is 6.36. The van der Waals surface area contributed by atoms with Gasteiger partial charge in [-0.3, -0.25) is 0 Å². The minimum Gasteiger partial charge on any atom is -0.309 e. The number of hydrogen-bond acceptors (Lipinski definition) is 2. The number of nitrogens with zero attached hydrogens (tertiary/aromatic N) is 3. The largest absolute Gasteiger partial charge is 0.309 e. The third-order valence-electron chi connectivity index (χ3n) is 9.75. The van der Waals surface area contributed by atoms with Crippen LogP contribution >= 0.6 is 0 Å². The van der Waals surface area contributed by atoms with E-state index >= 15 is 0 Å². The van der Waals surface area contributed by atoms with Crippen LogP contribution in [0.15, 0.2) is 176 Å². The van der Waals surface area contributed by atoms with Gasteiger partial charge >= 0.3 is 0 Å². The first kappa shape index (κ1) is 27.5. The fraction of sp³-hybridized carbons (Fsp3) is 0. The maximum atomic E-state index is 5.15. The van der Waals surface area contributed by atoms with Crippen molar-refractivity contribution in [2.24, 2.45) is 0 Å². The van der Waals surface area contributed by atoms with E-state index in [1.807, 2.05) is 24.3 Å². The molecule has 3 heteroatoms.